The predicted molar refractivity (Wildman–Crippen MR) is 62.9 cm³/mol. The maximum absolute atomic E-state index is 12.6. The van der Waals surface area contributed by atoms with E-state index < -0.39 is 16.3 Å². The van der Waals surface area contributed by atoms with Gasteiger partial charge in [-0.05, 0) is 31.0 Å². The molecule has 0 bridgehead atoms. The number of rotatable bonds is 6. The van der Waals surface area contributed by atoms with Crippen LogP contribution < -0.4 is 4.72 Å². The lowest BCUT2D eigenvalue weighted by Crippen LogP contribution is -2.35. The van der Waals surface area contributed by atoms with Crippen LogP contribution in [0.15, 0.2) is 24.3 Å². The van der Waals surface area contributed by atoms with Gasteiger partial charge in [0.1, 0.15) is 12.0 Å². The molecule has 1 aromatic rings. The van der Waals surface area contributed by atoms with Crippen molar-refractivity contribution in [3.05, 3.63) is 42.6 Å². The Kier molecular flexibility index (Phi) is 5.04. The summed E-state index contributed by atoms with van der Waals surface area (Å²) in [7, 11) is -3.32. The first-order valence-corrected chi connectivity index (χ1v) is 6.92. The summed E-state index contributed by atoms with van der Waals surface area (Å²) in [6.45, 7) is 3.78. The van der Waals surface area contributed by atoms with E-state index >= 15 is 0 Å². The minimum absolute atomic E-state index is 0.197. The number of ether oxygens (including phenoxy) is 1. The van der Waals surface area contributed by atoms with Crippen molar-refractivity contribution >= 4 is 10.0 Å². The third kappa shape index (κ3) is 5.76. The summed E-state index contributed by atoms with van der Waals surface area (Å²) in [6, 6.07) is 5.80. The first-order chi connectivity index (χ1) is 7.90. The molecule has 0 aliphatic rings. The maximum Gasteiger partial charge on any atom is 0.210 e. The molecule has 0 aliphatic heterocycles. The molecule has 0 aliphatic carbocycles. The van der Waals surface area contributed by atoms with Crippen molar-refractivity contribution in [1.29, 1.82) is 0 Å². The smallest absolute Gasteiger partial charge is 0.210 e. The Hall–Kier alpha value is -0.980. The summed E-state index contributed by atoms with van der Waals surface area (Å²) in [6.07, 6.45) is 0.653. The van der Waals surface area contributed by atoms with Crippen LogP contribution in [0.2, 0.25) is 0 Å². The van der Waals surface area contributed by atoms with Crippen LogP contribution in [0.3, 0.4) is 0 Å². The summed E-state index contributed by atoms with van der Waals surface area (Å²) in [5, 5.41) is 0. The zero-order valence-electron chi connectivity index (χ0n) is 9.52. The molecule has 95 valence electrons. The fourth-order valence-electron chi connectivity index (χ4n) is 1.19. The topological polar surface area (TPSA) is 55.4 Å². The molecule has 1 radical (unpaired) electrons. The van der Waals surface area contributed by atoms with Crippen molar-refractivity contribution in [1.82, 2.24) is 4.72 Å². The molecule has 0 heterocycles. The standard InChI is InChI=1S/C11H15FNO3S/c1-3-11(13-17(2,14)15)16-8-9-4-6-10(12)7-5-9/h4-7,11,13H,1,3,8H2,2H3. The first kappa shape index (κ1) is 14.1. The van der Waals surface area contributed by atoms with E-state index in [9.17, 15) is 12.8 Å². The highest BCUT2D eigenvalue weighted by Crippen LogP contribution is 2.06. The number of hydrogen-bond donors (Lipinski definition) is 1. The quantitative estimate of drug-likeness (QED) is 0.787. The summed E-state index contributed by atoms with van der Waals surface area (Å²) in [4.78, 5) is 0. The summed E-state index contributed by atoms with van der Waals surface area (Å²) in [5.41, 5.74) is 0.764. The van der Waals surface area contributed by atoms with Gasteiger partial charge in [-0.25, -0.2) is 12.8 Å². The van der Waals surface area contributed by atoms with Gasteiger partial charge in [-0.2, -0.15) is 4.72 Å². The van der Waals surface area contributed by atoms with Crippen LogP contribution in [0.5, 0.6) is 0 Å². The van der Waals surface area contributed by atoms with Crippen molar-refractivity contribution in [3.8, 4) is 0 Å². The summed E-state index contributed by atoms with van der Waals surface area (Å²) >= 11 is 0. The Bertz CT molecular complexity index is 444. The monoisotopic (exact) mass is 260 g/mol. The van der Waals surface area contributed by atoms with Crippen LogP contribution in [0.1, 0.15) is 12.0 Å². The molecule has 1 unspecified atom stereocenters. The second-order valence-corrected chi connectivity index (χ2v) is 5.38. The average molecular weight is 260 g/mol. The molecule has 1 N–H and O–H groups in total. The first-order valence-electron chi connectivity index (χ1n) is 5.03. The van der Waals surface area contributed by atoms with Crippen molar-refractivity contribution in [2.75, 3.05) is 6.26 Å². The average Bonchev–Trinajstić information content (AvgIpc) is 2.25. The number of sulfonamides is 1. The van der Waals surface area contributed by atoms with E-state index in [2.05, 4.69) is 11.6 Å². The minimum atomic E-state index is -3.32. The number of benzene rings is 1. The largest absolute Gasteiger partial charge is 0.358 e. The van der Waals surface area contributed by atoms with Gasteiger partial charge in [-0.15, -0.1) is 0 Å². The molecule has 0 spiro atoms. The molecule has 0 aromatic heterocycles. The highest BCUT2D eigenvalue weighted by Gasteiger charge is 2.11. The lowest BCUT2D eigenvalue weighted by molar-refractivity contribution is 0.0351. The molecular weight excluding hydrogens is 245 g/mol. The highest BCUT2D eigenvalue weighted by molar-refractivity contribution is 7.88. The van der Waals surface area contributed by atoms with E-state index in [0.29, 0.717) is 0 Å². The van der Waals surface area contributed by atoms with Crippen LogP contribution in [-0.4, -0.2) is 20.9 Å². The van der Waals surface area contributed by atoms with Gasteiger partial charge in [0.25, 0.3) is 0 Å². The Morgan fingerprint density at radius 3 is 2.47 bits per heavy atom. The van der Waals surface area contributed by atoms with Crippen molar-refractivity contribution in [3.63, 3.8) is 0 Å². The maximum atomic E-state index is 12.6. The molecular formula is C11H15FNO3S. The van der Waals surface area contributed by atoms with Gasteiger partial charge >= 0.3 is 0 Å². The predicted octanol–water partition coefficient (Wildman–Crippen LogP) is 1.44. The number of nitrogens with one attached hydrogen (secondary N) is 1. The minimum Gasteiger partial charge on any atom is -0.358 e. The van der Waals surface area contributed by atoms with E-state index in [4.69, 9.17) is 4.74 Å². The molecule has 0 fully saturated rings. The second-order valence-electron chi connectivity index (χ2n) is 3.60. The molecule has 4 nitrogen and oxygen atoms in total. The Morgan fingerprint density at radius 1 is 1.41 bits per heavy atom. The van der Waals surface area contributed by atoms with E-state index in [-0.39, 0.29) is 18.8 Å². The second kappa shape index (κ2) is 6.09. The summed E-state index contributed by atoms with van der Waals surface area (Å²) < 4.78 is 42.2. The highest BCUT2D eigenvalue weighted by atomic mass is 32.2. The normalized spacial score (nSPS) is 13.6. The molecule has 0 saturated carbocycles. The number of halogens is 1. The van der Waals surface area contributed by atoms with Gasteiger partial charge in [0.05, 0.1) is 12.9 Å². The van der Waals surface area contributed by atoms with Gasteiger partial charge in [0, 0.05) is 0 Å². The van der Waals surface area contributed by atoms with Crippen molar-refractivity contribution < 1.29 is 17.5 Å². The zero-order valence-corrected chi connectivity index (χ0v) is 10.3. The van der Waals surface area contributed by atoms with E-state index in [1.54, 1.807) is 12.1 Å². The summed E-state index contributed by atoms with van der Waals surface area (Å²) in [5.74, 6) is -0.322. The lowest BCUT2D eigenvalue weighted by Gasteiger charge is -2.16. The van der Waals surface area contributed by atoms with Gasteiger partial charge in [0.15, 0.2) is 0 Å². The van der Waals surface area contributed by atoms with Crippen molar-refractivity contribution in [2.24, 2.45) is 0 Å². The fraction of sp³-hybridized carbons (Fsp3) is 0.364. The van der Waals surface area contributed by atoms with Gasteiger partial charge in [-0.3, -0.25) is 0 Å². The van der Waals surface area contributed by atoms with Gasteiger partial charge in [0.2, 0.25) is 10.0 Å². The zero-order chi connectivity index (χ0) is 12.9. The van der Waals surface area contributed by atoms with Crippen LogP contribution in [0, 0.1) is 12.7 Å². The Morgan fingerprint density at radius 2 is 2.00 bits per heavy atom. The van der Waals surface area contributed by atoms with Crippen molar-refractivity contribution in [2.45, 2.75) is 19.3 Å². The molecule has 0 amide bonds. The van der Waals surface area contributed by atoms with Gasteiger partial charge < -0.3 is 4.74 Å². The van der Waals surface area contributed by atoms with Crippen LogP contribution in [-0.2, 0) is 21.4 Å². The van der Waals surface area contributed by atoms with Gasteiger partial charge in [-0.1, -0.05) is 12.1 Å². The number of hydrogen-bond acceptors (Lipinski definition) is 3. The lowest BCUT2D eigenvalue weighted by atomic mass is 10.2. The third-order valence-electron chi connectivity index (χ3n) is 1.97. The molecule has 17 heavy (non-hydrogen) atoms. The van der Waals surface area contributed by atoms with Crippen LogP contribution in [0.25, 0.3) is 0 Å². The molecule has 1 atom stereocenters. The molecule has 0 saturated heterocycles. The molecule has 1 aromatic carbocycles. The van der Waals surface area contributed by atoms with E-state index in [0.717, 1.165) is 11.8 Å². The molecule has 6 heteroatoms. The molecule has 1 rings (SSSR count). The fourth-order valence-corrected chi connectivity index (χ4v) is 1.86. The SMILES string of the molecule is [CH2]CC(NS(C)(=O)=O)OCc1ccc(F)cc1. The van der Waals surface area contributed by atoms with Crippen LogP contribution >= 0.6 is 0 Å². The van der Waals surface area contributed by atoms with E-state index in [1.807, 2.05) is 0 Å². The Labute approximate surface area is 101 Å². The third-order valence-corrected chi connectivity index (χ3v) is 2.66. The van der Waals surface area contributed by atoms with E-state index in [1.165, 1.54) is 12.1 Å². The Balaban J connectivity index is 2.50. The van der Waals surface area contributed by atoms with Crippen LogP contribution in [0.4, 0.5) is 4.39 Å².